The van der Waals surface area contributed by atoms with Crippen LogP contribution < -0.4 is 10.6 Å². The molecule has 0 radical (unpaired) electrons. The molecule has 0 amide bonds. The van der Waals surface area contributed by atoms with E-state index in [4.69, 9.17) is 0 Å². The van der Waals surface area contributed by atoms with Gasteiger partial charge in [0.2, 0.25) is 0 Å². The lowest BCUT2D eigenvalue weighted by atomic mass is 10.2. The average Bonchev–Trinajstić information content (AvgIpc) is 3.08. The number of aromatic nitrogens is 2. The van der Waals surface area contributed by atoms with Crippen LogP contribution in [-0.2, 0) is 6.54 Å². The molecule has 0 aliphatic heterocycles. The predicted octanol–water partition coefficient (Wildman–Crippen LogP) is 4.30. The molecule has 1 heterocycles. The van der Waals surface area contributed by atoms with Gasteiger partial charge in [0.05, 0.1) is 5.69 Å². The summed E-state index contributed by atoms with van der Waals surface area (Å²) in [6.07, 6.45) is 8.68. The molecule has 23 heavy (non-hydrogen) atoms. The fourth-order valence-electron chi connectivity index (χ4n) is 2.80. The molecule has 0 unspecified atom stereocenters. The largest absolute Gasteiger partial charge is 0.378 e. The van der Waals surface area contributed by atoms with Gasteiger partial charge in [0, 0.05) is 24.3 Å². The Labute approximate surface area is 140 Å². The molecule has 4 nitrogen and oxygen atoms in total. The summed E-state index contributed by atoms with van der Waals surface area (Å²) in [4.78, 5) is 8.94. The number of hydrogen-bond donors (Lipinski definition) is 2. The minimum atomic E-state index is -0.251. The summed E-state index contributed by atoms with van der Waals surface area (Å²) in [5.41, 5.74) is 1.45. The van der Waals surface area contributed by atoms with Crippen molar-refractivity contribution in [2.75, 3.05) is 16.9 Å². The van der Waals surface area contributed by atoms with Gasteiger partial charge in [-0.25, -0.2) is 14.4 Å². The quantitative estimate of drug-likeness (QED) is 0.610. The summed E-state index contributed by atoms with van der Waals surface area (Å²) >= 11 is 1.52. The third-order valence-electron chi connectivity index (χ3n) is 4.06. The van der Waals surface area contributed by atoms with E-state index < -0.39 is 0 Å². The predicted molar refractivity (Wildman–Crippen MR) is 93.4 cm³/mol. The van der Waals surface area contributed by atoms with Gasteiger partial charge in [-0.3, -0.25) is 0 Å². The number of anilines is 2. The van der Waals surface area contributed by atoms with Crippen molar-refractivity contribution in [3.63, 3.8) is 0 Å². The SMILES string of the molecule is CSc1ncc(CNc2ccccc2F)c(NC2CCCC2)n1. The van der Waals surface area contributed by atoms with E-state index >= 15 is 0 Å². The van der Waals surface area contributed by atoms with Crippen LogP contribution in [0.4, 0.5) is 15.9 Å². The zero-order valence-corrected chi connectivity index (χ0v) is 14.0. The third kappa shape index (κ3) is 4.13. The number of rotatable bonds is 6. The lowest BCUT2D eigenvalue weighted by Crippen LogP contribution is -2.18. The molecule has 6 heteroatoms. The molecule has 1 aliphatic rings. The second kappa shape index (κ2) is 7.64. The number of benzene rings is 1. The molecule has 1 fully saturated rings. The number of nitrogens with one attached hydrogen (secondary N) is 2. The van der Waals surface area contributed by atoms with E-state index in [9.17, 15) is 4.39 Å². The molecular formula is C17H21FN4S. The number of hydrogen-bond acceptors (Lipinski definition) is 5. The Hall–Kier alpha value is -1.82. The summed E-state index contributed by atoms with van der Waals surface area (Å²) < 4.78 is 13.7. The zero-order valence-electron chi connectivity index (χ0n) is 13.2. The summed E-state index contributed by atoms with van der Waals surface area (Å²) in [5.74, 6) is 0.611. The molecule has 0 spiro atoms. The topological polar surface area (TPSA) is 49.8 Å². The standard InChI is InChI=1S/C17H21FN4S/c1-23-17-20-11-12(10-19-15-9-5-4-8-14(15)18)16(22-17)21-13-6-2-3-7-13/h4-5,8-9,11,13,19H,2-3,6-7,10H2,1H3,(H,20,21,22). The van der Waals surface area contributed by atoms with Gasteiger partial charge in [0.1, 0.15) is 11.6 Å². The highest BCUT2D eigenvalue weighted by Crippen LogP contribution is 2.25. The summed E-state index contributed by atoms with van der Waals surface area (Å²) in [6.45, 7) is 0.491. The van der Waals surface area contributed by atoms with Crippen LogP contribution in [0.25, 0.3) is 0 Å². The van der Waals surface area contributed by atoms with Crippen LogP contribution >= 0.6 is 11.8 Å². The smallest absolute Gasteiger partial charge is 0.189 e. The Morgan fingerprint density at radius 3 is 2.78 bits per heavy atom. The van der Waals surface area contributed by atoms with E-state index in [2.05, 4.69) is 20.6 Å². The van der Waals surface area contributed by atoms with Crippen LogP contribution in [0, 0.1) is 5.82 Å². The van der Waals surface area contributed by atoms with Crippen LogP contribution in [-0.4, -0.2) is 22.3 Å². The lowest BCUT2D eigenvalue weighted by Gasteiger charge is -2.17. The van der Waals surface area contributed by atoms with E-state index in [1.54, 1.807) is 12.1 Å². The Kier molecular flexibility index (Phi) is 5.33. The van der Waals surface area contributed by atoms with Crippen LogP contribution in [0.1, 0.15) is 31.2 Å². The number of halogens is 1. The molecule has 1 aromatic carbocycles. The van der Waals surface area contributed by atoms with Crippen molar-refractivity contribution in [3.05, 3.63) is 41.8 Å². The summed E-state index contributed by atoms with van der Waals surface area (Å²) in [6, 6.07) is 7.16. The first kappa shape index (κ1) is 16.1. The highest BCUT2D eigenvalue weighted by molar-refractivity contribution is 7.98. The van der Waals surface area contributed by atoms with Gasteiger partial charge < -0.3 is 10.6 Å². The van der Waals surface area contributed by atoms with Gasteiger partial charge in [-0.15, -0.1) is 0 Å². The van der Waals surface area contributed by atoms with Gasteiger partial charge in [0.15, 0.2) is 5.16 Å². The van der Waals surface area contributed by atoms with Crippen molar-refractivity contribution in [1.29, 1.82) is 0 Å². The number of nitrogens with zero attached hydrogens (tertiary/aromatic N) is 2. The first-order valence-electron chi connectivity index (χ1n) is 7.91. The minimum absolute atomic E-state index is 0.251. The second-order valence-corrected chi connectivity index (χ2v) is 6.46. The van der Waals surface area contributed by atoms with Gasteiger partial charge >= 0.3 is 0 Å². The van der Waals surface area contributed by atoms with Crippen molar-refractivity contribution < 1.29 is 4.39 Å². The molecule has 1 saturated carbocycles. The molecule has 1 aromatic heterocycles. The van der Waals surface area contributed by atoms with Gasteiger partial charge in [-0.1, -0.05) is 36.7 Å². The van der Waals surface area contributed by atoms with Crippen LogP contribution in [0.2, 0.25) is 0 Å². The molecule has 1 aliphatic carbocycles. The van der Waals surface area contributed by atoms with E-state index in [0.29, 0.717) is 18.3 Å². The highest BCUT2D eigenvalue weighted by Gasteiger charge is 2.17. The zero-order chi connectivity index (χ0) is 16.1. The van der Waals surface area contributed by atoms with Gasteiger partial charge in [-0.05, 0) is 31.2 Å². The Bertz CT molecular complexity index is 659. The van der Waals surface area contributed by atoms with E-state index in [-0.39, 0.29) is 5.82 Å². The van der Waals surface area contributed by atoms with Crippen molar-refractivity contribution in [2.24, 2.45) is 0 Å². The Morgan fingerprint density at radius 2 is 2.04 bits per heavy atom. The number of thioether (sulfide) groups is 1. The normalized spacial score (nSPS) is 14.9. The number of para-hydroxylation sites is 1. The fraction of sp³-hybridized carbons (Fsp3) is 0.412. The van der Waals surface area contributed by atoms with Gasteiger partial charge in [0.25, 0.3) is 0 Å². The van der Waals surface area contributed by atoms with Crippen LogP contribution in [0.5, 0.6) is 0 Å². The van der Waals surface area contributed by atoms with Crippen molar-refractivity contribution >= 4 is 23.3 Å². The maximum Gasteiger partial charge on any atom is 0.189 e. The first-order chi connectivity index (χ1) is 11.3. The van der Waals surface area contributed by atoms with Crippen molar-refractivity contribution in [3.8, 4) is 0 Å². The van der Waals surface area contributed by atoms with Crippen molar-refractivity contribution in [2.45, 2.75) is 43.4 Å². The van der Waals surface area contributed by atoms with Crippen LogP contribution in [0.15, 0.2) is 35.6 Å². The molecule has 0 bridgehead atoms. The highest BCUT2D eigenvalue weighted by atomic mass is 32.2. The Morgan fingerprint density at radius 1 is 1.26 bits per heavy atom. The molecule has 0 saturated heterocycles. The lowest BCUT2D eigenvalue weighted by molar-refractivity contribution is 0.630. The molecule has 0 atom stereocenters. The molecule has 3 rings (SSSR count). The van der Waals surface area contributed by atoms with Gasteiger partial charge in [-0.2, -0.15) is 0 Å². The average molecular weight is 332 g/mol. The molecule has 122 valence electrons. The van der Waals surface area contributed by atoms with Crippen molar-refractivity contribution in [1.82, 2.24) is 9.97 Å². The fourth-order valence-corrected chi connectivity index (χ4v) is 3.14. The van der Waals surface area contributed by atoms with E-state index in [1.807, 2.05) is 18.5 Å². The minimum Gasteiger partial charge on any atom is -0.378 e. The summed E-state index contributed by atoms with van der Waals surface area (Å²) in [5, 5.41) is 7.42. The maximum atomic E-state index is 13.7. The maximum absolute atomic E-state index is 13.7. The molecule has 2 aromatic rings. The first-order valence-corrected chi connectivity index (χ1v) is 9.13. The Balaban J connectivity index is 1.75. The van der Waals surface area contributed by atoms with E-state index in [1.165, 1.54) is 43.5 Å². The van der Waals surface area contributed by atoms with Crippen LogP contribution in [0.3, 0.4) is 0 Å². The molecular weight excluding hydrogens is 311 g/mol. The second-order valence-electron chi connectivity index (χ2n) is 5.69. The third-order valence-corrected chi connectivity index (χ3v) is 4.63. The van der Waals surface area contributed by atoms with E-state index in [0.717, 1.165) is 16.5 Å². The summed E-state index contributed by atoms with van der Waals surface area (Å²) in [7, 11) is 0. The monoisotopic (exact) mass is 332 g/mol. The molecule has 2 N–H and O–H groups in total.